The Balaban J connectivity index is 1.46. The van der Waals surface area contributed by atoms with Crippen LogP contribution in [0.15, 0.2) is 40.9 Å². The maximum absolute atomic E-state index is 12.9. The van der Waals surface area contributed by atoms with E-state index in [2.05, 4.69) is 15.2 Å². The third kappa shape index (κ3) is 3.73. The Morgan fingerprint density at radius 3 is 2.89 bits per heavy atom. The lowest BCUT2D eigenvalue weighted by atomic mass is 9.94. The molecule has 2 aromatic rings. The molecule has 0 saturated carbocycles. The van der Waals surface area contributed by atoms with Crippen molar-refractivity contribution in [2.45, 2.75) is 32.0 Å². The Hall–Kier alpha value is -2.67. The second-order valence-corrected chi connectivity index (χ2v) is 7.25. The van der Waals surface area contributed by atoms with Crippen LogP contribution in [-0.2, 0) is 17.9 Å². The first-order valence-electron chi connectivity index (χ1n) is 9.37. The normalized spacial score (nSPS) is 22.7. The molecule has 0 aliphatic carbocycles. The fraction of sp³-hybridized carbons (Fsp3) is 0.450. The van der Waals surface area contributed by atoms with Gasteiger partial charge in [0.15, 0.2) is 5.76 Å². The van der Waals surface area contributed by atoms with Crippen LogP contribution in [0.1, 0.15) is 34.9 Å². The first-order valence-corrected chi connectivity index (χ1v) is 9.37. The van der Waals surface area contributed by atoms with Crippen molar-refractivity contribution < 1.29 is 14.0 Å². The second-order valence-electron chi connectivity index (χ2n) is 7.25. The molecular weight excluding hydrogens is 344 g/mol. The summed E-state index contributed by atoms with van der Waals surface area (Å²) in [5.74, 6) is 1.08. The number of nitrogens with zero attached hydrogens (tertiary/aromatic N) is 3. The van der Waals surface area contributed by atoms with E-state index in [1.807, 2.05) is 29.2 Å². The highest BCUT2D eigenvalue weighted by atomic mass is 16.4. The van der Waals surface area contributed by atoms with Gasteiger partial charge in [-0.2, -0.15) is 0 Å². The first-order chi connectivity index (χ1) is 13.1. The lowest BCUT2D eigenvalue weighted by molar-refractivity contribution is -0.140. The van der Waals surface area contributed by atoms with Crippen molar-refractivity contribution in [2.75, 3.05) is 20.1 Å². The van der Waals surface area contributed by atoms with E-state index < -0.39 is 0 Å². The molecule has 5 rings (SSSR count). The Bertz CT molecular complexity index is 820. The van der Waals surface area contributed by atoms with E-state index in [1.54, 1.807) is 19.3 Å². The molecule has 0 spiro atoms. The highest BCUT2D eigenvalue weighted by Gasteiger charge is 2.40. The molecule has 7 nitrogen and oxygen atoms in total. The number of carbonyl (C=O) groups excluding carboxylic acids is 2. The van der Waals surface area contributed by atoms with Gasteiger partial charge in [0.25, 0.3) is 5.91 Å². The number of fused-ring (bicyclic) bond motifs is 4. The van der Waals surface area contributed by atoms with Crippen LogP contribution in [-0.4, -0.2) is 52.8 Å². The number of hydrogen-bond acceptors (Lipinski definition) is 5. The standard InChI is InChI=1S/C20H24N4O3/c1-21-19(25)18-8-7-17(27-18)13-23-10-14-5-6-16(12-23)24(20(14)26)11-15-4-2-3-9-22-15/h2-4,7-9,14,16H,5-6,10-13H2,1H3,(H,21,25)/t14-,16+/m0/s1. The SMILES string of the molecule is CNC(=O)c1ccc(CN2C[C@@H]3CC[C@H](C2)N(Cc2ccccn2)C3=O)o1. The summed E-state index contributed by atoms with van der Waals surface area (Å²) in [4.78, 5) is 33.2. The molecular formula is C20H24N4O3. The smallest absolute Gasteiger partial charge is 0.286 e. The Kier molecular flexibility index (Phi) is 4.94. The summed E-state index contributed by atoms with van der Waals surface area (Å²) in [6, 6.07) is 9.52. The van der Waals surface area contributed by atoms with Crippen molar-refractivity contribution in [2.24, 2.45) is 5.92 Å². The van der Waals surface area contributed by atoms with Crippen molar-refractivity contribution in [1.29, 1.82) is 0 Å². The van der Waals surface area contributed by atoms with Gasteiger partial charge in [0, 0.05) is 32.4 Å². The summed E-state index contributed by atoms with van der Waals surface area (Å²) in [5.41, 5.74) is 0.922. The largest absolute Gasteiger partial charge is 0.455 e. The Morgan fingerprint density at radius 2 is 2.11 bits per heavy atom. The molecule has 2 atom stereocenters. The second kappa shape index (κ2) is 7.52. The summed E-state index contributed by atoms with van der Waals surface area (Å²) in [6.07, 6.45) is 3.71. The average Bonchev–Trinajstić information content (AvgIpc) is 3.00. The lowest BCUT2D eigenvalue weighted by Gasteiger charge is -2.35. The number of rotatable bonds is 5. The fourth-order valence-corrected chi connectivity index (χ4v) is 4.06. The average molecular weight is 368 g/mol. The van der Waals surface area contributed by atoms with Crippen LogP contribution in [0.25, 0.3) is 0 Å². The number of amides is 2. The highest BCUT2D eigenvalue weighted by Crippen LogP contribution is 2.31. The zero-order valence-corrected chi connectivity index (χ0v) is 15.4. The number of pyridine rings is 1. The molecule has 0 radical (unpaired) electrons. The Labute approximate surface area is 158 Å². The van der Waals surface area contributed by atoms with Crippen LogP contribution >= 0.6 is 0 Å². The highest BCUT2D eigenvalue weighted by molar-refractivity contribution is 5.91. The summed E-state index contributed by atoms with van der Waals surface area (Å²) in [7, 11) is 1.58. The van der Waals surface area contributed by atoms with Gasteiger partial charge >= 0.3 is 0 Å². The molecule has 2 bridgehead atoms. The molecule has 1 N–H and O–H groups in total. The van der Waals surface area contributed by atoms with Crippen LogP contribution in [0, 0.1) is 5.92 Å². The van der Waals surface area contributed by atoms with E-state index in [0.29, 0.717) is 18.8 Å². The summed E-state index contributed by atoms with van der Waals surface area (Å²) < 4.78 is 5.66. The molecule has 0 aromatic carbocycles. The topological polar surface area (TPSA) is 78.7 Å². The molecule has 5 heterocycles. The van der Waals surface area contributed by atoms with Gasteiger partial charge in [-0.15, -0.1) is 0 Å². The van der Waals surface area contributed by atoms with Crippen LogP contribution in [0.4, 0.5) is 0 Å². The zero-order chi connectivity index (χ0) is 18.8. The molecule has 3 aliphatic heterocycles. The number of nitrogens with one attached hydrogen (secondary N) is 1. The summed E-state index contributed by atoms with van der Waals surface area (Å²) >= 11 is 0. The molecule has 7 heteroatoms. The van der Waals surface area contributed by atoms with Crippen molar-refractivity contribution in [3.8, 4) is 0 Å². The van der Waals surface area contributed by atoms with Crippen molar-refractivity contribution in [3.05, 3.63) is 53.7 Å². The Morgan fingerprint density at radius 1 is 1.22 bits per heavy atom. The van der Waals surface area contributed by atoms with Gasteiger partial charge in [0.05, 0.1) is 24.7 Å². The minimum atomic E-state index is -0.228. The number of aromatic nitrogens is 1. The zero-order valence-electron chi connectivity index (χ0n) is 15.4. The van der Waals surface area contributed by atoms with E-state index in [1.165, 1.54) is 0 Å². The number of carbonyl (C=O) groups is 2. The van der Waals surface area contributed by atoms with Crippen molar-refractivity contribution in [1.82, 2.24) is 20.1 Å². The van der Waals surface area contributed by atoms with Gasteiger partial charge in [-0.3, -0.25) is 19.5 Å². The van der Waals surface area contributed by atoms with Gasteiger partial charge < -0.3 is 14.6 Å². The van der Waals surface area contributed by atoms with E-state index in [4.69, 9.17) is 4.42 Å². The van der Waals surface area contributed by atoms with E-state index in [9.17, 15) is 9.59 Å². The van der Waals surface area contributed by atoms with Gasteiger partial charge in [0.1, 0.15) is 5.76 Å². The number of piperidine rings is 1. The monoisotopic (exact) mass is 368 g/mol. The maximum atomic E-state index is 12.9. The van der Waals surface area contributed by atoms with Crippen LogP contribution in [0.3, 0.4) is 0 Å². The van der Waals surface area contributed by atoms with E-state index in [-0.39, 0.29) is 23.8 Å². The quantitative estimate of drug-likeness (QED) is 0.868. The molecule has 3 aliphatic rings. The van der Waals surface area contributed by atoms with Crippen molar-refractivity contribution >= 4 is 11.8 Å². The third-order valence-corrected chi connectivity index (χ3v) is 5.42. The van der Waals surface area contributed by atoms with Crippen LogP contribution in [0.2, 0.25) is 0 Å². The molecule has 0 unspecified atom stereocenters. The summed E-state index contributed by atoms with van der Waals surface area (Å²) in [5, 5.41) is 2.56. The minimum absolute atomic E-state index is 0.0147. The molecule has 142 valence electrons. The molecule has 3 fully saturated rings. The van der Waals surface area contributed by atoms with Gasteiger partial charge in [-0.25, -0.2) is 0 Å². The van der Waals surface area contributed by atoms with Crippen LogP contribution in [0.5, 0.6) is 0 Å². The number of furan rings is 1. The molecule has 2 aromatic heterocycles. The minimum Gasteiger partial charge on any atom is -0.455 e. The lowest BCUT2D eigenvalue weighted by Crippen LogP contribution is -2.47. The van der Waals surface area contributed by atoms with Gasteiger partial charge in [0.2, 0.25) is 5.91 Å². The maximum Gasteiger partial charge on any atom is 0.286 e. The van der Waals surface area contributed by atoms with Crippen molar-refractivity contribution in [3.63, 3.8) is 0 Å². The van der Waals surface area contributed by atoms with E-state index in [0.717, 1.165) is 37.4 Å². The summed E-state index contributed by atoms with van der Waals surface area (Å²) in [6.45, 7) is 2.71. The van der Waals surface area contributed by atoms with Gasteiger partial charge in [-0.1, -0.05) is 6.07 Å². The molecule has 3 saturated heterocycles. The predicted molar refractivity (Wildman–Crippen MR) is 98.7 cm³/mol. The van der Waals surface area contributed by atoms with Gasteiger partial charge in [-0.05, 0) is 37.1 Å². The molecule has 27 heavy (non-hydrogen) atoms. The molecule has 2 amide bonds. The van der Waals surface area contributed by atoms with Crippen LogP contribution < -0.4 is 5.32 Å². The first kappa shape index (κ1) is 17.7. The number of hydrogen-bond donors (Lipinski definition) is 1. The third-order valence-electron chi connectivity index (χ3n) is 5.42. The fourth-order valence-electron chi connectivity index (χ4n) is 4.06. The predicted octanol–water partition coefficient (Wildman–Crippen LogP) is 1.66. The van der Waals surface area contributed by atoms with E-state index >= 15 is 0 Å².